The Morgan fingerprint density at radius 3 is 2.84 bits per heavy atom. The van der Waals surface area contributed by atoms with Crippen LogP contribution in [0.3, 0.4) is 0 Å². The first-order chi connectivity index (χ1) is 9.31. The van der Waals surface area contributed by atoms with E-state index in [0.717, 1.165) is 5.69 Å². The first-order valence-corrected chi connectivity index (χ1v) is 7.86. The van der Waals surface area contributed by atoms with Gasteiger partial charge in [0, 0.05) is 33.8 Å². The predicted molar refractivity (Wildman–Crippen MR) is 88.4 cm³/mol. The molecule has 3 heteroatoms. The van der Waals surface area contributed by atoms with Crippen molar-refractivity contribution in [1.29, 1.82) is 0 Å². The van der Waals surface area contributed by atoms with Crippen LogP contribution in [0.25, 0.3) is 0 Å². The average molecular weight is 364 g/mol. The highest BCUT2D eigenvalue weighted by Gasteiger charge is 2.15. The third-order valence-electron chi connectivity index (χ3n) is 3.65. The monoisotopic (exact) mass is 364 g/mol. The predicted octanol–water partition coefficient (Wildman–Crippen LogP) is 4.96. The lowest BCUT2D eigenvalue weighted by atomic mass is 10.2. The number of halogens is 1. The minimum atomic E-state index is 0.708. The van der Waals surface area contributed by atoms with Crippen LogP contribution in [0.2, 0.25) is 0 Å². The molecule has 2 aromatic rings. The van der Waals surface area contributed by atoms with Gasteiger partial charge in [-0.25, -0.2) is 0 Å². The Hall–Kier alpha value is -1.10. The minimum absolute atomic E-state index is 0.708. The Balaban J connectivity index is 1.73. The van der Waals surface area contributed by atoms with Crippen molar-refractivity contribution in [2.75, 3.05) is 0 Å². The zero-order valence-corrected chi connectivity index (χ0v) is 13.0. The van der Waals surface area contributed by atoms with Crippen LogP contribution in [0.15, 0.2) is 47.7 Å². The van der Waals surface area contributed by atoms with Gasteiger partial charge < -0.3 is 4.57 Å². The van der Waals surface area contributed by atoms with Gasteiger partial charge in [0.15, 0.2) is 0 Å². The second-order valence-electron chi connectivity index (χ2n) is 5.07. The first kappa shape index (κ1) is 12.9. The fourth-order valence-electron chi connectivity index (χ4n) is 2.64. The molecule has 1 aliphatic rings. The van der Waals surface area contributed by atoms with E-state index >= 15 is 0 Å². The van der Waals surface area contributed by atoms with Gasteiger partial charge in [0.25, 0.3) is 0 Å². The quantitative estimate of drug-likeness (QED) is 0.541. The number of rotatable bonds is 3. The summed E-state index contributed by atoms with van der Waals surface area (Å²) in [7, 11) is 0. The second kappa shape index (κ2) is 5.90. The molecule has 0 bridgehead atoms. The average Bonchev–Trinajstić information content (AvgIpc) is 3.07. The van der Waals surface area contributed by atoms with Crippen LogP contribution in [0, 0.1) is 3.57 Å². The van der Waals surface area contributed by atoms with Crippen molar-refractivity contribution in [2.45, 2.75) is 31.7 Å². The molecule has 0 unspecified atom stereocenters. The molecule has 1 aromatic carbocycles. The van der Waals surface area contributed by atoms with Gasteiger partial charge in [0.05, 0.1) is 5.69 Å². The molecule has 1 saturated carbocycles. The molecule has 3 rings (SSSR count). The van der Waals surface area contributed by atoms with Gasteiger partial charge in [-0.1, -0.05) is 18.9 Å². The van der Waals surface area contributed by atoms with E-state index in [1.165, 1.54) is 34.8 Å². The van der Waals surface area contributed by atoms with Crippen molar-refractivity contribution < 1.29 is 0 Å². The van der Waals surface area contributed by atoms with Crippen molar-refractivity contribution in [3.8, 4) is 0 Å². The molecule has 0 aliphatic heterocycles. The lowest BCUT2D eigenvalue weighted by Crippen LogP contribution is -2.00. The van der Waals surface area contributed by atoms with E-state index in [0.29, 0.717) is 6.04 Å². The van der Waals surface area contributed by atoms with E-state index in [1.807, 2.05) is 18.3 Å². The van der Waals surface area contributed by atoms with Gasteiger partial charge in [0.2, 0.25) is 0 Å². The molecule has 1 heterocycles. The fourth-order valence-corrected chi connectivity index (χ4v) is 3.17. The number of aliphatic imine (C=N–C) groups is 1. The van der Waals surface area contributed by atoms with Crippen molar-refractivity contribution >= 4 is 34.5 Å². The summed E-state index contributed by atoms with van der Waals surface area (Å²) in [5.74, 6) is 0. The third-order valence-corrected chi connectivity index (χ3v) is 4.33. The van der Waals surface area contributed by atoms with Gasteiger partial charge in [0.1, 0.15) is 0 Å². The molecular weight excluding hydrogens is 347 g/mol. The number of hydrogen-bond acceptors (Lipinski definition) is 1. The highest BCUT2D eigenvalue weighted by Crippen LogP contribution is 2.29. The molecular formula is C16H17IN2. The normalized spacial score (nSPS) is 16.5. The second-order valence-corrected chi connectivity index (χ2v) is 6.31. The van der Waals surface area contributed by atoms with E-state index < -0.39 is 0 Å². The Morgan fingerprint density at radius 1 is 1.21 bits per heavy atom. The van der Waals surface area contributed by atoms with E-state index in [1.54, 1.807) is 0 Å². The summed E-state index contributed by atoms with van der Waals surface area (Å²) < 4.78 is 3.57. The number of benzene rings is 1. The summed E-state index contributed by atoms with van der Waals surface area (Å²) in [5, 5.41) is 0. The fraction of sp³-hybridized carbons (Fsp3) is 0.312. The zero-order valence-electron chi connectivity index (χ0n) is 10.8. The molecule has 2 nitrogen and oxygen atoms in total. The highest BCUT2D eigenvalue weighted by molar-refractivity contribution is 14.1. The highest BCUT2D eigenvalue weighted by atomic mass is 127. The molecule has 0 spiro atoms. The summed E-state index contributed by atoms with van der Waals surface area (Å²) in [6.07, 6.45) is 11.7. The number of aromatic nitrogens is 1. The molecule has 98 valence electrons. The lowest BCUT2D eigenvalue weighted by Gasteiger charge is -2.10. The summed E-state index contributed by atoms with van der Waals surface area (Å²) in [6, 6.07) is 11.1. The molecule has 0 atom stereocenters. The molecule has 1 fully saturated rings. The topological polar surface area (TPSA) is 17.3 Å². The standard InChI is InChI=1S/C16H17IN2/c17-14-4-3-5-15(10-14)18-11-13-8-9-19(12-13)16-6-1-2-7-16/h3-5,8-12,16H,1-2,6-7H2. The van der Waals surface area contributed by atoms with Gasteiger partial charge >= 0.3 is 0 Å². The number of hydrogen-bond donors (Lipinski definition) is 0. The van der Waals surface area contributed by atoms with Gasteiger partial charge in [-0.15, -0.1) is 0 Å². The van der Waals surface area contributed by atoms with Gasteiger partial charge in [-0.3, -0.25) is 4.99 Å². The van der Waals surface area contributed by atoms with Crippen LogP contribution in [0.5, 0.6) is 0 Å². The molecule has 0 N–H and O–H groups in total. The maximum Gasteiger partial charge on any atom is 0.0640 e. The SMILES string of the molecule is Ic1cccc(N=Cc2ccn(C3CCCC3)c2)c1. The molecule has 0 amide bonds. The van der Waals surface area contributed by atoms with Crippen LogP contribution in [-0.4, -0.2) is 10.8 Å². The Kier molecular flexibility index (Phi) is 4.01. The first-order valence-electron chi connectivity index (χ1n) is 6.78. The van der Waals surface area contributed by atoms with Crippen LogP contribution >= 0.6 is 22.6 Å². The van der Waals surface area contributed by atoms with Crippen LogP contribution < -0.4 is 0 Å². The van der Waals surface area contributed by atoms with E-state index in [9.17, 15) is 0 Å². The summed E-state index contributed by atoms with van der Waals surface area (Å²) in [4.78, 5) is 4.53. The molecule has 1 aliphatic carbocycles. The number of nitrogens with zero attached hydrogens (tertiary/aromatic N) is 2. The van der Waals surface area contributed by atoms with Gasteiger partial charge in [-0.2, -0.15) is 0 Å². The van der Waals surface area contributed by atoms with Crippen molar-refractivity contribution in [2.24, 2.45) is 4.99 Å². The van der Waals surface area contributed by atoms with Crippen molar-refractivity contribution in [3.05, 3.63) is 51.9 Å². The van der Waals surface area contributed by atoms with Crippen LogP contribution in [0.4, 0.5) is 5.69 Å². The summed E-state index contributed by atoms with van der Waals surface area (Å²) in [5.41, 5.74) is 2.20. The van der Waals surface area contributed by atoms with E-state index in [-0.39, 0.29) is 0 Å². The minimum Gasteiger partial charge on any atom is -0.351 e. The molecule has 19 heavy (non-hydrogen) atoms. The van der Waals surface area contributed by atoms with Crippen LogP contribution in [0.1, 0.15) is 37.3 Å². The largest absolute Gasteiger partial charge is 0.351 e. The van der Waals surface area contributed by atoms with E-state index in [2.05, 4.69) is 62.7 Å². The van der Waals surface area contributed by atoms with Crippen LogP contribution in [-0.2, 0) is 0 Å². The lowest BCUT2D eigenvalue weighted by molar-refractivity contribution is 0.521. The zero-order chi connectivity index (χ0) is 13.1. The molecule has 0 saturated heterocycles. The van der Waals surface area contributed by atoms with Gasteiger partial charge in [-0.05, 0) is 59.7 Å². The Labute approximate surface area is 127 Å². The Bertz CT molecular complexity index is 580. The Morgan fingerprint density at radius 2 is 2.05 bits per heavy atom. The maximum absolute atomic E-state index is 4.53. The van der Waals surface area contributed by atoms with Crippen molar-refractivity contribution in [3.63, 3.8) is 0 Å². The van der Waals surface area contributed by atoms with E-state index in [4.69, 9.17) is 0 Å². The third kappa shape index (κ3) is 3.26. The molecule has 0 radical (unpaired) electrons. The maximum atomic E-state index is 4.53. The smallest absolute Gasteiger partial charge is 0.0640 e. The molecule has 1 aromatic heterocycles. The summed E-state index contributed by atoms with van der Waals surface area (Å²) in [6.45, 7) is 0. The summed E-state index contributed by atoms with van der Waals surface area (Å²) >= 11 is 2.31. The van der Waals surface area contributed by atoms with Crippen molar-refractivity contribution in [1.82, 2.24) is 4.57 Å².